The molecule has 0 bridgehead atoms. The van der Waals surface area contributed by atoms with Crippen LogP contribution in [0.2, 0.25) is 0 Å². The molecule has 1 heterocycles. The molecule has 0 aromatic heterocycles. The Kier molecular flexibility index (Phi) is 7.45. The molecule has 5 nitrogen and oxygen atoms in total. The summed E-state index contributed by atoms with van der Waals surface area (Å²) in [6, 6.07) is 17.3. The van der Waals surface area contributed by atoms with Crippen molar-refractivity contribution in [2.24, 2.45) is 5.92 Å². The molecule has 29 heavy (non-hydrogen) atoms. The zero-order chi connectivity index (χ0) is 20.7. The summed E-state index contributed by atoms with van der Waals surface area (Å²) in [6.07, 6.45) is 4.15. The summed E-state index contributed by atoms with van der Waals surface area (Å²) >= 11 is 0. The van der Waals surface area contributed by atoms with E-state index in [1.54, 1.807) is 12.1 Å². The van der Waals surface area contributed by atoms with Gasteiger partial charge >= 0.3 is 0 Å². The molecule has 0 spiro atoms. The second-order valence-corrected chi connectivity index (χ2v) is 9.66. The minimum atomic E-state index is -3.48. The maximum absolute atomic E-state index is 12.8. The zero-order valence-corrected chi connectivity index (χ0v) is 17.8. The lowest BCUT2D eigenvalue weighted by Crippen LogP contribution is -2.43. The summed E-state index contributed by atoms with van der Waals surface area (Å²) in [4.78, 5) is 12.7. The highest BCUT2D eigenvalue weighted by Crippen LogP contribution is 2.24. The maximum atomic E-state index is 12.8. The summed E-state index contributed by atoms with van der Waals surface area (Å²) in [5, 5.41) is 3.02. The van der Waals surface area contributed by atoms with Gasteiger partial charge in [0.1, 0.15) is 0 Å². The molecule has 3 rings (SSSR count). The van der Waals surface area contributed by atoms with Gasteiger partial charge in [-0.3, -0.25) is 4.79 Å². The fourth-order valence-corrected chi connectivity index (χ4v) is 5.14. The van der Waals surface area contributed by atoms with Crippen LogP contribution in [-0.4, -0.2) is 38.3 Å². The molecular formula is C23H30N2O3S. The van der Waals surface area contributed by atoms with Crippen LogP contribution in [-0.2, 0) is 21.2 Å². The van der Waals surface area contributed by atoms with E-state index in [2.05, 4.69) is 17.4 Å². The Bertz CT molecular complexity index is 887. The van der Waals surface area contributed by atoms with Gasteiger partial charge in [-0.05, 0) is 56.7 Å². The largest absolute Gasteiger partial charge is 0.356 e. The van der Waals surface area contributed by atoms with Crippen molar-refractivity contribution in [3.05, 3.63) is 65.7 Å². The molecule has 156 valence electrons. The Labute approximate surface area is 174 Å². The number of hydrogen-bond donors (Lipinski definition) is 1. The maximum Gasteiger partial charge on any atom is 0.243 e. The number of carbonyl (C=O) groups is 1. The normalized spacial score (nSPS) is 15.9. The lowest BCUT2D eigenvalue weighted by molar-refractivity contribution is -0.126. The number of carbonyl (C=O) groups excluding carboxylic acids is 1. The molecule has 0 atom stereocenters. The molecular weight excluding hydrogens is 384 g/mol. The lowest BCUT2D eigenvalue weighted by atomic mass is 9.97. The number of amides is 1. The summed E-state index contributed by atoms with van der Waals surface area (Å²) in [6.45, 7) is 3.39. The highest BCUT2D eigenvalue weighted by Gasteiger charge is 2.31. The van der Waals surface area contributed by atoms with Gasteiger partial charge in [-0.2, -0.15) is 4.31 Å². The standard InChI is InChI=1S/C23H30N2O3S/c1-19-10-12-22(13-11-19)29(27,28)25-17-14-21(15-18-25)23(26)24-16-6-5-9-20-7-3-2-4-8-20/h2-4,7-8,10-13,21H,5-6,9,14-18H2,1H3,(H,24,26). The molecule has 1 aliphatic rings. The molecule has 1 N–H and O–H groups in total. The molecule has 0 saturated carbocycles. The fraction of sp³-hybridized carbons (Fsp3) is 0.435. The Morgan fingerprint density at radius 2 is 1.66 bits per heavy atom. The molecule has 2 aromatic rings. The minimum absolute atomic E-state index is 0.0529. The molecule has 1 amide bonds. The van der Waals surface area contributed by atoms with Gasteiger partial charge in [-0.25, -0.2) is 8.42 Å². The number of hydrogen-bond acceptors (Lipinski definition) is 3. The third-order valence-electron chi connectivity index (χ3n) is 5.52. The average Bonchev–Trinajstić information content (AvgIpc) is 2.74. The van der Waals surface area contributed by atoms with Crippen molar-refractivity contribution in [2.75, 3.05) is 19.6 Å². The van der Waals surface area contributed by atoms with Crippen LogP contribution in [0.1, 0.15) is 36.8 Å². The van der Waals surface area contributed by atoms with Crippen molar-refractivity contribution in [1.82, 2.24) is 9.62 Å². The number of sulfonamides is 1. The third kappa shape index (κ3) is 5.90. The monoisotopic (exact) mass is 414 g/mol. The molecule has 1 aliphatic heterocycles. The van der Waals surface area contributed by atoms with Gasteiger partial charge in [0.2, 0.25) is 15.9 Å². The van der Waals surface area contributed by atoms with Crippen LogP contribution in [0.4, 0.5) is 0 Å². The summed E-state index contributed by atoms with van der Waals surface area (Å²) < 4.78 is 27.0. The Hall–Kier alpha value is -2.18. The highest BCUT2D eigenvalue weighted by atomic mass is 32.2. The van der Waals surface area contributed by atoms with E-state index in [0.717, 1.165) is 24.8 Å². The predicted octanol–water partition coefficient (Wildman–Crippen LogP) is 3.53. The fourth-order valence-electron chi connectivity index (χ4n) is 3.67. The molecule has 2 aromatic carbocycles. The molecule has 0 aliphatic carbocycles. The Morgan fingerprint density at radius 1 is 1.00 bits per heavy atom. The van der Waals surface area contributed by atoms with Gasteiger partial charge in [-0.15, -0.1) is 0 Å². The topological polar surface area (TPSA) is 66.5 Å². The van der Waals surface area contributed by atoms with E-state index >= 15 is 0 Å². The van der Waals surface area contributed by atoms with Crippen LogP contribution >= 0.6 is 0 Å². The first-order chi connectivity index (χ1) is 14.0. The van der Waals surface area contributed by atoms with E-state index < -0.39 is 10.0 Å². The van der Waals surface area contributed by atoms with Gasteiger partial charge < -0.3 is 5.32 Å². The highest BCUT2D eigenvalue weighted by molar-refractivity contribution is 7.89. The number of rotatable bonds is 8. The van der Waals surface area contributed by atoms with Crippen molar-refractivity contribution in [3.63, 3.8) is 0 Å². The Balaban J connectivity index is 1.39. The van der Waals surface area contributed by atoms with Crippen molar-refractivity contribution in [3.8, 4) is 0 Å². The number of piperidine rings is 1. The predicted molar refractivity (Wildman–Crippen MR) is 115 cm³/mol. The van der Waals surface area contributed by atoms with E-state index in [1.807, 2.05) is 37.3 Å². The minimum Gasteiger partial charge on any atom is -0.356 e. The first-order valence-electron chi connectivity index (χ1n) is 10.4. The summed E-state index contributed by atoms with van der Waals surface area (Å²) in [5.74, 6) is -0.0503. The lowest BCUT2D eigenvalue weighted by Gasteiger charge is -2.30. The number of benzene rings is 2. The smallest absolute Gasteiger partial charge is 0.243 e. The SMILES string of the molecule is Cc1ccc(S(=O)(=O)N2CCC(C(=O)NCCCCc3ccccc3)CC2)cc1. The van der Waals surface area contributed by atoms with E-state index in [9.17, 15) is 13.2 Å². The molecule has 1 fully saturated rings. The van der Waals surface area contributed by atoms with Gasteiger partial charge in [0.25, 0.3) is 0 Å². The Morgan fingerprint density at radius 3 is 2.31 bits per heavy atom. The van der Waals surface area contributed by atoms with E-state index in [0.29, 0.717) is 37.4 Å². The van der Waals surface area contributed by atoms with Crippen LogP contribution in [0.15, 0.2) is 59.5 Å². The third-order valence-corrected chi connectivity index (χ3v) is 7.43. The number of nitrogens with zero attached hydrogens (tertiary/aromatic N) is 1. The van der Waals surface area contributed by atoms with Crippen molar-refractivity contribution < 1.29 is 13.2 Å². The van der Waals surface area contributed by atoms with Gasteiger partial charge in [0.05, 0.1) is 4.90 Å². The first kappa shape index (κ1) is 21.5. The van der Waals surface area contributed by atoms with Crippen molar-refractivity contribution in [1.29, 1.82) is 0 Å². The van der Waals surface area contributed by atoms with E-state index in [-0.39, 0.29) is 11.8 Å². The van der Waals surface area contributed by atoms with Crippen LogP contribution in [0.5, 0.6) is 0 Å². The molecule has 1 saturated heterocycles. The first-order valence-corrected chi connectivity index (χ1v) is 11.8. The number of nitrogens with one attached hydrogen (secondary N) is 1. The number of aryl methyl sites for hydroxylation is 2. The van der Waals surface area contributed by atoms with Crippen LogP contribution in [0.3, 0.4) is 0 Å². The average molecular weight is 415 g/mol. The second kappa shape index (κ2) is 10.0. The quantitative estimate of drug-likeness (QED) is 0.672. The van der Waals surface area contributed by atoms with Crippen molar-refractivity contribution >= 4 is 15.9 Å². The molecule has 0 unspecified atom stereocenters. The molecule has 6 heteroatoms. The van der Waals surface area contributed by atoms with Gasteiger partial charge in [0.15, 0.2) is 0 Å². The van der Waals surface area contributed by atoms with Gasteiger partial charge in [0, 0.05) is 25.6 Å². The number of unbranched alkanes of at least 4 members (excludes halogenated alkanes) is 1. The van der Waals surface area contributed by atoms with Crippen LogP contribution < -0.4 is 5.32 Å². The van der Waals surface area contributed by atoms with Crippen LogP contribution in [0.25, 0.3) is 0 Å². The zero-order valence-electron chi connectivity index (χ0n) is 17.0. The van der Waals surface area contributed by atoms with Crippen LogP contribution in [0, 0.1) is 12.8 Å². The molecule has 0 radical (unpaired) electrons. The van der Waals surface area contributed by atoms with Crippen molar-refractivity contribution in [2.45, 2.75) is 43.9 Å². The van der Waals surface area contributed by atoms with E-state index in [4.69, 9.17) is 0 Å². The summed E-state index contributed by atoms with van der Waals surface area (Å²) in [7, 11) is -3.48. The van der Waals surface area contributed by atoms with Gasteiger partial charge in [-0.1, -0.05) is 48.0 Å². The summed E-state index contributed by atoms with van der Waals surface area (Å²) in [5.41, 5.74) is 2.35. The van der Waals surface area contributed by atoms with E-state index in [1.165, 1.54) is 9.87 Å². The second-order valence-electron chi connectivity index (χ2n) is 7.73.